The summed E-state index contributed by atoms with van der Waals surface area (Å²) in [4.78, 5) is 8.59. The molecule has 0 atom stereocenters. The monoisotopic (exact) mass is 353 g/mol. The quantitative estimate of drug-likeness (QED) is 0.402. The summed E-state index contributed by atoms with van der Waals surface area (Å²) in [5.41, 5.74) is 2.47. The van der Waals surface area contributed by atoms with Crippen LogP contribution in [0.15, 0.2) is 52.4 Å². The number of aryl methyl sites for hydroxylation is 1. The van der Waals surface area contributed by atoms with Gasteiger partial charge in [-0.3, -0.25) is 4.68 Å². The van der Waals surface area contributed by atoms with Gasteiger partial charge in [-0.25, -0.2) is 9.97 Å². The average molecular weight is 353 g/mol. The molecule has 0 aliphatic carbocycles. The first-order chi connectivity index (χ1) is 12.3. The number of para-hydroxylation sites is 1. The molecule has 7 nitrogen and oxygen atoms in total. The number of ether oxygens (including phenoxy) is 1. The zero-order valence-corrected chi connectivity index (χ0v) is 14.5. The largest absolute Gasteiger partial charge is 0.496 e. The zero-order valence-electron chi connectivity index (χ0n) is 13.7. The zero-order chi connectivity index (χ0) is 17.2. The molecular formula is C17H15N5O2S. The summed E-state index contributed by atoms with van der Waals surface area (Å²) in [6, 6.07) is 9.65. The molecule has 0 amide bonds. The van der Waals surface area contributed by atoms with E-state index in [2.05, 4.69) is 20.2 Å². The minimum Gasteiger partial charge on any atom is -0.496 e. The first kappa shape index (κ1) is 15.6. The second-order valence-corrected chi connectivity index (χ2v) is 6.32. The van der Waals surface area contributed by atoms with Crippen molar-refractivity contribution in [2.24, 2.45) is 7.05 Å². The van der Waals surface area contributed by atoms with Crippen molar-refractivity contribution < 1.29 is 9.26 Å². The van der Waals surface area contributed by atoms with Gasteiger partial charge in [0.05, 0.1) is 24.4 Å². The molecule has 0 saturated heterocycles. The molecule has 0 saturated carbocycles. The fourth-order valence-electron chi connectivity index (χ4n) is 2.56. The van der Waals surface area contributed by atoms with Crippen LogP contribution in [0.2, 0.25) is 0 Å². The number of benzene rings is 1. The first-order valence-corrected chi connectivity index (χ1v) is 8.59. The minimum atomic E-state index is 0.614. The predicted molar refractivity (Wildman–Crippen MR) is 94.4 cm³/mol. The Balaban J connectivity index is 1.55. The summed E-state index contributed by atoms with van der Waals surface area (Å²) in [6.45, 7) is 0. The van der Waals surface area contributed by atoms with Crippen LogP contribution < -0.4 is 4.74 Å². The molecule has 0 fully saturated rings. The number of hydrogen-bond donors (Lipinski definition) is 0. The van der Waals surface area contributed by atoms with Crippen LogP contribution in [-0.4, -0.2) is 32.0 Å². The Hall–Kier alpha value is -2.87. The fraction of sp³-hybridized carbons (Fsp3) is 0.176. The van der Waals surface area contributed by atoms with Gasteiger partial charge in [0, 0.05) is 18.7 Å². The molecule has 3 heterocycles. The van der Waals surface area contributed by atoms with Crippen molar-refractivity contribution in [3.63, 3.8) is 0 Å². The SMILES string of the molecule is COc1ccccc1-c1cc(CSc2ncnc3c2cnn3C)on1. The summed E-state index contributed by atoms with van der Waals surface area (Å²) in [5, 5.41) is 10.2. The molecule has 126 valence electrons. The average Bonchev–Trinajstić information content (AvgIpc) is 3.27. The molecule has 4 aromatic rings. The van der Waals surface area contributed by atoms with Gasteiger partial charge in [-0.05, 0) is 12.1 Å². The molecular weight excluding hydrogens is 338 g/mol. The van der Waals surface area contributed by atoms with Gasteiger partial charge in [-0.15, -0.1) is 0 Å². The van der Waals surface area contributed by atoms with Gasteiger partial charge in [0.15, 0.2) is 5.65 Å². The summed E-state index contributed by atoms with van der Waals surface area (Å²) in [6.07, 6.45) is 3.32. The fourth-order valence-corrected chi connectivity index (χ4v) is 3.40. The van der Waals surface area contributed by atoms with Crippen molar-refractivity contribution >= 4 is 22.8 Å². The molecule has 0 aliphatic rings. The van der Waals surface area contributed by atoms with Gasteiger partial charge in [0.1, 0.15) is 28.6 Å². The Kier molecular flexibility index (Phi) is 4.10. The first-order valence-electron chi connectivity index (χ1n) is 7.61. The Bertz CT molecular complexity index is 1030. The standard InChI is InChI=1S/C17H15N5O2S/c1-22-16-13(8-20-22)17(19-10-18-16)25-9-11-7-14(21-24-11)12-5-3-4-6-15(12)23-2/h3-8,10H,9H2,1-2H3. The lowest BCUT2D eigenvalue weighted by Gasteiger charge is -2.03. The number of nitrogens with zero attached hydrogens (tertiary/aromatic N) is 5. The summed E-state index contributed by atoms with van der Waals surface area (Å²) in [7, 11) is 3.50. The van der Waals surface area contributed by atoms with Crippen molar-refractivity contribution in [1.82, 2.24) is 24.9 Å². The van der Waals surface area contributed by atoms with Crippen molar-refractivity contribution in [3.05, 3.63) is 48.6 Å². The maximum absolute atomic E-state index is 5.47. The molecule has 0 bridgehead atoms. The van der Waals surface area contributed by atoms with Crippen LogP contribution in [0.25, 0.3) is 22.3 Å². The highest BCUT2D eigenvalue weighted by Crippen LogP contribution is 2.31. The molecule has 3 aromatic heterocycles. The summed E-state index contributed by atoms with van der Waals surface area (Å²) >= 11 is 1.57. The van der Waals surface area contributed by atoms with Gasteiger partial charge in [0.2, 0.25) is 0 Å². The molecule has 0 radical (unpaired) electrons. The smallest absolute Gasteiger partial charge is 0.162 e. The Labute approximate surface area is 148 Å². The lowest BCUT2D eigenvalue weighted by atomic mass is 10.1. The van der Waals surface area contributed by atoms with E-state index in [1.54, 1.807) is 36.1 Å². The van der Waals surface area contributed by atoms with Crippen molar-refractivity contribution in [1.29, 1.82) is 0 Å². The van der Waals surface area contributed by atoms with Crippen LogP contribution in [0.3, 0.4) is 0 Å². The number of hydrogen-bond acceptors (Lipinski definition) is 7. The van der Waals surface area contributed by atoms with E-state index in [0.717, 1.165) is 38.8 Å². The van der Waals surface area contributed by atoms with Crippen molar-refractivity contribution in [3.8, 4) is 17.0 Å². The number of methoxy groups -OCH3 is 1. The van der Waals surface area contributed by atoms with Crippen LogP contribution in [0, 0.1) is 0 Å². The van der Waals surface area contributed by atoms with E-state index in [-0.39, 0.29) is 0 Å². The highest BCUT2D eigenvalue weighted by atomic mass is 32.2. The molecule has 25 heavy (non-hydrogen) atoms. The van der Waals surface area contributed by atoms with E-state index in [1.165, 1.54) is 0 Å². The van der Waals surface area contributed by atoms with Gasteiger partial charge in [0.25, 0.3) is 0 Å². The summed E-state index contributed by atoms with van der Waals surface area (Å²) in [5.74, 6) is 2.15. The van der Waals surface area contributed by atoms with Gasteiger partial charge >= 0.3 is 0 Å². The molecule has 0 aliphatic heterocycles. The van der Waals surface area contributed by atoms with E-state index >= 15 is 0 Å². The van der Waals surface area contributed by atoms with Crippen LogP contribution in [0.5, 0.6) is 5.75 Å². The lowest BCUT2D eigenvalue weighted by Crippen LogP contribution is -1.92. The van der Waals surface area contributed by atoms with Crippen LogP contribution >= 0.6 is 11.8 Å². The maximum atomic E-state index is 5.47. The number of rotatable bonds is 5. The van der Waals surface area contributed by atoms with E-state index in [1.807, 2.05) is 37.4 Å². The van der Waals surface area contributed by atoms with Crippen LogP contribution in [0.4, 0.5) is 0 Å². The Morgan fingerprint density at radius 3 is 3.00 bits per heavy atom. The van der Waals surface area contributed by atoms with E-state index in [4.69, 9.17) is 9.26 Å². The number of thioether (sulfide) groups is 1. The number of aromatic nitrogens is 5. The third kappa shape index (κ3) is 2.96. The van der Waals surface area contributed by atoms with E-state index in [0.29, 0.717) is 5.75 Å². The van der Waals surface area contributed by atoms with E-state index in [9.17, 15) is 0 Å². The normalized spacial score (nSPS) is 11.1. The van der Waals surface area contributed by atoms with Crippen LogP contribution in [-0.2, 0) is 12.8 Å². The molecule has 8 heteroatoms. The number of fused-ring (bicyclic) bond motifs is 1. The Morgan fingerprint density at radius 1 is 1.24 bits per heavy atom. The van der Waals surface area contributed by atoms with Gasteiger partial charge < -0.3 is 9.26 Å². The predicted octanol–water partition coefficient (Wildman–Crippen LogP) is 3.32. The second kappa shape index (κ2) is 6.56. The molecule has 0 N–H and O–H groups in total. The van der Waals surface area contributed by atoms with Gasteiger partial charge in [-0.2, -0.15) is 5.10 Å². The second-order valence-electron chi connectivity index (χ2n) is 5.35. The van der Waals surface area contributed by atoms with Crippen molar-refractivity contribution in [2.75, 3.05) is 7.11 Å². The summed E-state index contributed by atoms with van der Waals surface area (Å²) < 4.78 is 12.6. The topological polar surface area (TPSA) is 78.9 Å². The molecule has 4 rings (SSSR count). The minimum absolute atomic E-state index is 0.614. The Morgan fingerprint density at radius 2 is 2.12 bits per heavy atom. The maximum Gasteiger partial charge on any atom is 0.162 e. The third-order valence-corrected chi connectivity index (χ3v) is 4.81. The third-order valence-electron chi connectivity index (χ3n) is 3.79. The molecule has 0 unspecified atom stereocenters. The van der Waals surface area contributed by atoms with Crippen LogP contribution in [0.1, 0.15) is 5.76 Å². The lowest BCUT2D eigenvalue weighted by molar-refractivity contribution is 0.395. The molecule has 0 spiro atoms. The molecule has 1 aromatic carbocycles. The van der Waals surface area contributed by atoms with Gasteiger partial charge in [-0.1, -0.05) is 29.1 Å². The van der Waals surface area contributed by atoms with E-state index < -0.39 is 0 Å². The van der Waals surface area contributed by atoms with Crippen molar-refractivity contribution in [2.45, 2.75) is 10.8 Å². The highest BCUT2D eigenvalue weighted by Gasteiger charge is 2.13. The highest BCUT2D eigenvalue weighted by molar-refractivity contribution is 7.98.